The average Bonchev–Trinajstić information content (AvgIpc) is 2.67. The third-order valence-corrected chi connectivity index (χ3v) is 3.14. The number of unbranched alkanes of at least 4 members (excludes halogenated alkanes) is 1. The van der Waals surface area contributed by atoms with E-state index in [0.29, 0.717) is 5.82 Å². The van der Waals surface area contributed by atoms with Gasteiger partial charge in [-0.05, 0) is 29.3 Å². The van der Waals surface area contributed by atoms with E-state index in [1.807, 2.05) is 22.6 Å². The molecular weight excluding hydrogens is 258 g/mol. The second-order valence-electron chi connectivity index (χ2n) is 3.78. The van der Waals surface area contributed by atoms with Crippen molar-refractivity contribution in [2.75, 3.05) is 6.54 Å². The molecule has 0 radical (unpaired) electrons. The van der Waals surface area contributed by atoms with Crippen LogP contribution in [0.25, 0.3) is 0 Å². The second-order valence-corrected chi connectivity index (χ2v) is 4.59. The number of hydrogen-bond donors (Lipinski definition) is 0. The molecule has 82 valence electrons. The molecule has 0 fully saturated rings. The maximum absolute atomic E-state index is 11.9. The molecule has 1 aromatic rings. The molecule has 0 aliphatic carbocycles. The SMILES string of the molecule is CCCCN1C(=O)c2nc(Br)cn2C1C. The lowest BCUT2D eigenvalue weighted by molar-refractivity contribution is 0.0707. The first-order valence-electron chi connectivity index (χ1n) is 5.20. The number of carbonyl (C=O) groups excluding carboxylic acids is 1. The van der Waals surface area contributed by atoms with Gasteiger partial charge in [0.05, 0.1) is 0 Å². The maximum Gasteiger partial charge on any atom is 0.291 e. The molecule has 0 N–H and O–H groups in total. The Morgan fingerprint density at radius 3 is 2.93 bits per heavy atom. The summed E-state index contributed by atoms with van der Waals surface area (Å²) in [7, 11) is 0. The molecule has 2 heterocycles. The van der Waals surface area contributed by atoms with Crippen molar-refractivity contribution in [2.24, 2.45) is 0 Å². The summed E-state index contributed by atoms with van der Waals surface area (Å²) >= 11 is 3.28. The number of carbonyl (C=O) groups is 1. The average molecular weight is 272 g/mol. The van der Waals surface area contributed by atoms with Crippen molar-refractivity contribution in [3.8, 4) is 0 Å². The van der Waals surface area contributed by atoms with Gasteiger partial charge < -0.3 is 9.47 Å². The monoisotopic (exact) mass is 271 g/mol. The van der Waals surface area contributed by atoms with Crippen LogP contribution in [0.4, 0.5) is 0 Å². The van der Waals surface area contributed by atoms with Gasteiger partial charge in [0.1, 0.15) is 10.8 Å². The van der Waals surface area contributed by atoms with E-state index >= 15 is 0 Å². The Kier molecular flexibility index (Phi) is 2.82. The molecule has 1 aromatic heterocycles. The topological polar surface area (TPSA) is 38.1 Å². The fourth-order valence-corrected chi connectivity index (χ4v) is 2.26. The third kappa shape index (κ3) is 1.69. The van der Waals surface area contributed by atoms with Crippen LogP contribution in [0.3, 0.4) is 0 Å². The first kappa shape index (κ1) is 10.7. The molecule has 0 aromatic carbocycles. The van der Waals surface area contributed by atoms with Gasteiger partial charge in [-0.1, -0.05) is 13.3 Å². The lowest BCUT2D eigenvalue weighted by atomic mass is 10.3. The van der Waals surface area contributed by atoms with E-state index < -0.39 is 0 Å². The van der Waals surface area contributed by atoms with Crippen molar-refractivity contribution in [1.29, 1.82) is 0 Å². The number of hydrogen-bond acceptors (Lipinski definition) is 2. The van der Waals surface area contributed by atoms with Gasteiger partial charge >= 0.3 is 0 Å². The molecule has 0 bridgehead atoms. The van der Waals surface area contributed by atoms with Gasteiger partial charge in [0, 0.05) is 12.7 Å². The summed E-state index contributed by atoms with van der Waals surface area (Å²) in [6, 6.07) is 0. The Hall–Kier alpha value is -0.840. The largest absolute Gasteiger partial charge is 0.315 e. The molecular formula is C10H14BrN3O. The highest BCUT2D eigenvalue weighted by molar-refractivity contribution is 9.10. The van der Waals surface area contributed by atoms with Gasteiger partial charge in [-0.25, -0.2) is 4.98 Å². The van der Waals surface area contributed by atoms with E-state index in [2.05, 4.69) is 27.8 Å². The van der Waals surface area contributed by atoms with E-state index in [0.717, 1.165) is 24.0 Å². The number of imidazole rings is 1. The van der Waals surface area contributed by atoms with Crippen molar-refractivity contribution in [3.63, 3.8) is 0 Å². The highest BCUT2D eigenvalue weighted by Crippen LogP contribution is 2.27. The molecule has 4 nitrogen and oxygen atoms in total. The van der Waals surface area contributed by atoms with Gasteiger partial charge in [0.25, 0.3) is 5.91 Å². The molecule has 2 rings (SSSR count). The summed E-state index contributed by atoms with van der Waals surface area (Å²) in [5.74, 6) is 0.590. The van der Waals surface area contributed by atoms with Crippen LogP contribution < -0.4 is 0 Å². The van der Waals surface area contributed by atoms with E-state index in [-0.39, 0.29) is 12.1 Å². The minimum Gasteiger partial charge on any atom is -0.315 e. The highest BCUT2D eigenvalue weighted by atomic mass is 79.9. The van der Waals surface area contributed by atoms with E-state index in [1.165, 1.54) is 0 Å². The number of fused-ring (bicyclic) bond motifs is 1. The number of nitrogens with zero attached hydrogens (tertiary/aromatic N) is 3. The van der Waals surface area contributed by atoms with Crippen molar-refractivity contribution in [2.45, 2.75) is 32.9 Å². The zero-order chi connectivity index (χ0) is 11.0. The summed E-state index contributed by atoms with van der Waals surface area (Å²) < 4.78 is 2.65. The minimum atomic E-state index is 0.0432. The van der Waals surface area contributed by atoms with Crippen molar-refractivity contribution in [3.05, 3.63) is 16.6 Å². The fourth-order valence-electron chi connectivity index (χ4n) is 1.87. The van der Waals surface area contributed by atoms with E-state index in [1.54, 1.807) is 0 Å². The smallest absolute Gasteiger partial charge is 0.291 e. The van der Waals surface area contributed by atoms with Crippen molar-refractivity contribution >= 4 is 21.8 Å². The van der Waals surface area contributed by atoms with Crippen LogP contribution in [0.2, 0.25) is 0 Å². The lowest BCUT2D eigenvalue weighted by Gasteiger charge is -2.21. The zero-order valence-corrected chi connectivity index (χ0v) is 10.5. The first-order chi connectivity index (χ1) is 7.15. The summed E-state index contributed by atoms with van der Waals surface area (Å²) in [6.07, 6.45) is 4.10. The number of rotatable bonds is 3. The van der Waals surface area contributed by atoms with E-state index in [4.69, 9.17) is 0 Å². The van der Waals surface area contributed by atoms with Gasteiger partial charge in [-0.3, -0.25) is 4.79 Å². The van der Waals surface area contributed by atoms with Crippen molar-refractivity contribution in [1.82, 2.24) is 14.5 Å². The van der Waals surface area contributed by atoms with Crippen LogP contribution in [-0.2, 0) is 0 Å². The molecule has 1 atom stereocenters. The predicted octanol–water partition coefficient (Wildman–Crippen LogP) is 2.42. The van der Waals surface area contributed by atoms with Crippen LogP contribution in [0.15, 0.2) is 10.8 Å². The molecule has 0 saturated heterocycles. The van der Waals surface area contributed by atoms with Gasteiger partial charge in [0.15, 0.2) is 0 Å². The molecule has 1 unspecified atom stereocenters. The Bertz CT molecular complexity index is 388. The minimum absolute atomic E-state index is 0.0432. The van der Waals surface area contributed by atoms with Crippen LogP contribution in [-0.4, -0.2) is 26.9 Å². The summed E-state index contributed by atoms with van der Waals surface area (Å²) in [5, 5.41) is 0. The number of amides is 1. The molecule has 5 heteroatoms. The van der Waals surface area contributed by atoms with Crippen molar-refractivity contribution < 1.29 is 4.79 Å². The maximum atomic E-state index is 11.9. The molecule has 15 heavy (non-hydrogen) atoms. The van der Waals surface area contributed by atoms with E-state index in [9.17, 15) is 4.79 Å². The molecule has 0 saturated carbocycles. The third-order valence-electron chi connectivity index (χ3n) is 2.76. The van der Waals surface area contributed by atoms with Gasteiger partial charge in [-0.15, -0.1) is 0 Å². The normalized spacial score (nSPS) is 19.8. The first-order valence-corrected chi connectivity index (χ1v) is 5.99. The standard InChI is InChI=1S/C10H14BrN3O/c1-3-4-5-13-7(2)14-6-8(11)12-9(14)10(13)15/h6-7H,3-5H2,1-2H3. The summed E-state index contributed by atoms with van der Waals surface area (Å²) in [6.45, 7) is 4.97. The Balaban J connectivity index is 2.22. The summed E-state index contributed by atoms with van der Waals surface area (Å²) in [5.41, 5.74) is 0. The lowest BCUT2D eigenvalue weighted by Crippen LogP contribution is -2.29. The van der Waals surface area contributed by atoms with Crippen LogP contribution in [0.1, 0.15) is 43.5 Å². The number of halogens is 1. The van der Waals surface area contributed by atoms with Gasteiger partial charge in [-0.2, -0.15) is 0 Å². The molecule has 1 aliphatic heterocycles. The zero-order valence-electron chi connectivity index (χ0n) is 8.90. The summed E-state index contributed by atoms with van der Waals surface area (Å²) in [4.78, 5) is 18.0. The van der Waals surface area contributed by atoms with Gasteiger partial charge in [0.2, 0.25) is 5.82 Å². The highest BCUT2D eigenvalue weighted by Gasteiger charge is 2.34. The Morgan fingerprint density at radius 2 is 2.33 bits per heavy atom. The Labute approximate surface area is 97.4 Å². The van der Waals surface area contributed by atoms with Crippen LogP contribution in [0.5, 0.6) is 0 Å². The quantitative estimate of drug-likeness (QED) is 0.847. The second kappa shape index (κ2) is 3.96. The van der Waals surface area contributed by atoms with Crippen LogP contribution in [0, 0.1) is 0 Å². The molecule has 1 amide bonds. The number of aromatic nitrogens is 2. The predicted molar refractivity (Wildman–Crippen MR) is 60.6 cm³/mol. The molecule has 1 aliphatic rings. The fraction of sp³-hybridized carbons (Fsp3) is 0.600. The molecule has 0 spiro atoms. The van der Waals surface area contributed by atoms with Crippen LogP contribution >= 0.6 is 15.9 Å². The Morgan fingerprint density at radius 1 is 1.60 bits per heavy atom.